The van der Waals surface area contributed by atoms with E-state index in [1.807, 2.05) is 6.92 Å². The highest BCUT2D eigenvalue weighted by Crippen LogP contribution is 2.21. The maximum absolute atomic E-state index is 13.1. The smallest absolute Gasteiger partial charge is 0.244 e. The first-order chi connectivity index (χ1) is 8.63. The minimum atomic E-state index is -0.669. The predicted octanol–water partition coefficient (Wildman–Crippen LogP) is 2.69. The summed E-state index contributed by atoms with van der Waals surface area (Å²) in [4.78, 5) is 4.13. The molecular weight excluding hydrogens is 240 g/mol. The zero-order chi connectivity index (χ0) is 13.1. The molecule has 1 heterocycles. The van der Waals surface area contributed by atoms with Crippen molar-refractivity contribution in [2.75, 3.05) is 7.05 Å². The fourth-order valence-corrected chi connectivity index (χ4v) is 1.68. The molecule has 0 bridgehead atoms. The number of benzene rings is 1. The van der Waals surface area contributed by atoms with Gasteiger partial charge in [-0.15, -0.1) is 0 Å². The Kier molecular flexibility index (Phi) is 3.66. The standard InChI is InChI=1S/C12H13F2N3O/c1-3-10(15-2)12-16-11(17-18-12)7-4-8(13)6-9(14)5-7/h4-6,10,15H,3H2,1-2H3. The van der Waals surface area contributed by atoms with E-state index in [9.17, 15) is 8.78 Å². The van der Waals surface area contributed by atoms with Gasteiger partial charge in [-0.1, -0.05) is 12.1 Å². The Labute approximate surface area is 103 Å². The fourth-order valence-electron chi connectivity index (χ4n) is 1.68. The fraction of sp³-hybridized carbons (Fsp3) is 0.333. The van der Waals surface area contributed by atoms with Crippen LogP contribution in [-0.2, 0) is 0 Å². The van der Waals surface area contributed by atoms with Crippen molar-refractivity contribution in [3.8, 4) is 11.4 Å². The van der Waals surface area contributed by atoms with Crippen LogP contribution in [0.4, 0.5) is 8.78 Å². The van der Waals surface area contributed by atoms with Gasteiger partial charge in [0.05, 0.1) is 6.04 Å². The Hall–Kier alpha value is -1.82. The van der Waals surface area contributed by atoms with Crippen molar-refractivity contribution in [3.63, 3.8) is 0 Å². The highest BCUT2D eigenvalue weighted by Gasteiger charge is 2.16. The molecule has 1 aromatic carbocycles. The molecule has 1 N–H and O–H groups in total. The highest BCUT2D eigenvalue weighted by molar-refractivity contribution is 5.54. The first-order valence-corrected chi connectivity index (χ1v) is 5.61. The van der Waals surface area contributed by atoms with Gasteiger partial charge in [0.2, 0.25) is 11.7 Å². The molecule has 0 aliphatic rings. The van der Waals surface area contributed by atoms with Gasteiger partial charge in [-0.25, -0.2) is 8.78 Å². The molecule has 0 aliphatic heterocycles. The van der Waals surface area contributed by atoms with Crippen molar-refractivity contribution in [1.82, 2.24) is 15.5 Å². The lowest BCUT2D eigenvalue weighted by atomic mass is 10.2. The quantitative estimate of drug-likeness (QED) is 0.910. The molecule has 4 nitrogen and oxygen atoms in total. The monoisotopic (exact) mass is 253 g/mol. The Morgan fingerprint density at radius 3 is 2.50 bits per heavy atom. The Bertz CT molecular complexity index is 518. The lowest BCUT2D eigenvalue weighted by Gasteiger charge is -2.06. The van der Waals surface area contributed by atoms with Crippen molar-refractivity contribution >= 4 is 0 Å². The zero-order valence-electron chi connectivity index (χ0n) is 10.1. The number of rotatable bonds is 4. The first kappa shape index (κ1) is 12.6. The number of nitrogens with one attached hydrogen (secondary N) is 1. The van der Waals surface area contributed by atoms with Crippen LogP contribution in [0.5, 0.6) is 0 Å². The molecule has 18 heavy (non-hydrogen) atoms. The molecule has 0 radical (unpaired) electrons. The molecule has 2 rings (SSSR count). The van der Waals surface area contributed by atoms with Crippen LogP contribution in [0.1, 0.15) is 25.3 Å². The summed E-state index contributed by atoms with van der Waals surface area (Å²) in [7, 11) is 1.78. The summed E-state index contributed by atoms with van der Waals surface area (Å²) < 4.78 is 31.2. The highest BCUT2D eigenvalue weighted by atomic mass is 19.1. The van der Waals surface area contributed by atoms with Crippen LogP contribution in [0.25, 0.3) is 11.4 Å². The van der Waals surface area contributed by atoms with Crippen LogP contribution in [0, 0.1) is 11.6 Å². The lowest BCUT2D eigenvalue weighted by molar-refractivity contribution is 0.334. The molecule has 0 saturated carbocycles. The van der Waals surface area contributed by atoms with Gasteiger partial charge in [-0.05, 0) is 25.6 Å². The summed E-state index contributed by atoms with van der Waals surface area (Å²) in [6.45, 7) is 1.97. The maximum atomic E-state index is 13.1. The second-order valence-corrected chi connectivity index (χ2v) is 3.86. The lowest BCUT2D eigenvalue weighted by Crippen LogP contribution is -2.15. The largest absolute Gasteiger partial charge is 0.337 e. The van der Waals surface area contributed by atoms with Crippen molar-refractivity contribution in [2.45, 2.75) is 19.4 Å². The van der Waals surface area contributed by atoms with Crippen LogP contribution in [0.2, 0.25) is 0 Å². The van der Waals surface area contributed by atoms with Gasteiger partial charge in [0.1, 0.15) is 11.6 Å². The predicted molar refractivity (Wildman–Crippen MR) is 61.7 cm³/mol. The van der Waals surface area contributed by atoms with Gasteiger partial charge in [-0.3, -0.25) is 0 Å². The van der Waals surface area contributed by atoms with Gasteiger partial charge < -0.3 is 9.84 Å². The molecule has 1 aromatic heterocycles. The molecule has 0 aliphatic carbocycles. The van der Waals surface area contributed by atoms with Crippen LogP contribution in [0.15, 0.2) is 22.7 Å². The SMILES string of the molecule is CCC(NC)c1nc(-c2cc(F)cc(F)c2)no1. The summed E-state index contributed by atoms with van der Waals surface area (Å²) in [5.74, 6) is -0.759. The van der Waals surface area contributed by atoms with E-state index < -0.39 is 11.6 Å². The summed E-state index contributed by atoms with van der Waals surface area (Å²) in [5.41, 5.74) is 0.258. The normalized spacial score (nSPS) is 12.7. The summed E-state index contributed by atoms with van der Waals surface area (Å²) in [5, 5.41) is 6.74. The second-order valence-electron chi connectivity index (χ2n) is 3.86. The molecule has 0 spiro atoms. The van der Waals surface area contributed by atoms with Crippen molar-refractivity contribution < 1.29 is 13.3 Å². The Morgan fingerprint density at radius 1 is 1.28 bits per heavy atom. The molecule has 0 saturated heterocycles. The van der Waals surface area contributed by atoms with Gasteiger partial charge in [0.25, 0.3) is 0 Å². The average Bonchev–Trinajstić information content (AvgIpc) is 2.79. The summed E-state index contributed by atoms with van der Waals surface area (Å²) in [6.07, 6.45) is 0.773. The van der Waals surface area contributed by atoms with Crippen LogP contribution >= 0.6 is 0 Å². The van der Waals surface area contributed by atoms with E-state index in [-0.39, 0.29) is 17.4 Å². The minimum absolute atomic E-state index is 0.0651. The molecule has 2 aromatic rings. The van der Waals surface area contributed by atoms with Gasteiger partial charge in [0.15, 0.2) is 0 Å². The second kappa shape index (κ2) is 5.22. The number of hydrogen-bond donors (Lipinski definition) is 1. The summed E-state index contributed by atoms with van der Waals surface area (Å²) in [6, 6.07) is 3.06. The van der Waals surface area contributed by atoms with Gasteiger partial charge in [-0.2, -0.15) is 4.98 Å². The number of hydrogen-bond acceptors (Lipinski definition) is 4. The van der Waals surface area contributed by atoms with E-state index in [4.69, 9.17) is 4.52 Å². The molecule has 1 unspecified atom stereocenters. The van der Waals surface area contributed by atoms with E-state index in [2.05, 4.69) is 15.5 Å². The Morgan fingerprint density at radius 2 is 1.94 bits per heavy atom. The van der Waals surface area contributed by atoms with Gasteiger partial charge in [0, 0.05) is 11.6 Å². The Balaban J connectivity index is 2.34. The molecule has 0 fully saturated rings. The molecule has 1 atom stereocenters. The third-order valence-electron chi connectivity index (χ3n) is 2.62. The van der Waals surface area contributed by atoms with Crippen LogP contribution < -0.4 is 5.32 Å². The van der Waals surface area contributed by atoms with Crippen molar-refractivity contribution in [1.29, 1.82) is 0 Å². The topological polar surface area (TPSA) is 51.0 Å². The number of nitrogens with zero attached hydrogens (tertiary/aromatic N) is 2. The van der Waals surface area contributed by atoms with E-state index in [1.165, 1.54) is 0 Å². The first-order valence-electron chi connectivity index (χ1n) is 5.61. The van der Waals surface area contributed by atoms with E-state index in [1.54, 1.807) is 7.05 Å². The van der Waals surface area contributed by atoms with Crippen molar-refractivity contribution in [3.05, 3.63) is 35.7 Å². The number of halogens is 2. The maximum Gasteiger partial charge on any atom is 0.244 e. The molecular formula is C12H13F2N3O. The molecule has 6 heteroatoms. The van der Waals surface area contributed by atoms with Crippen LogP contribution in [-0.4, -0.2) is 17.2 Å². The van der Waals surface area contributed by atoms with E-state index >= 15 is 0 Å². The third-order valence-corrected chi connectivity index (χ3v) is 2.62. The minimum Gasteiger partial charge on any atom is -0.337 e. The average molecular weight is 253 g/mol. The third kappa shape index (κ3) is 2.53. The van der Waals surface area contributed by atoms with Crippen LogP contribution in [0.3, 0.4) is 0 Å². The molecule has 96 valence electrons. The zero-order valence-corrected chi connectivity index (χ0v) is 10.1. The summed E-state index contributed by atoms with van der Waals surface area (Å²) >= 11 is 0. The van der Waals surface area contributed by atoms with Crippen molar-refractivity contribution in [2.24, 2.45) is 0 Å². The number of aromatic nitrogens is 2. The van der Waals surface area contributed by atoms with E-state index in [0.717, 1.165) is 24.6 Å². The van der Waals surface area contributed by atoms with Gasteiger partial charge >= 0.3 is 0 Å². The molecule has 0 amide bonds. The van der Waals surface area contributed by atoms with E-state index in [0.29, 0.717) is 5.89 Å².